The van der Waals surface area contributed by atoms with E-state index in [9.17, 15) is 25.1 Å². The monoisotopic (exact) mass is 574 g/mol. The zero-order valence-corrected chi connectivity index (χ0v) is 22.5. The standard InChI is InChI=1S/C25H31N6O8P/c1-15(24(34)37-16-8-5-9-16)30-40(35,39-17-6-3-2-4-7-17)36-12-19-21(32)22(33)25(13-26,38-19)20-11-10-18-23(27)28-14-29-31(18)20/h2-4,6-7,10-11,14-16,19,21-22,24,32-34H,5,8-9,12H2,1H3,(H,30,35)(H2,27,28,29)/t15-,19+,21+,22+,24?,25-,40?/m0/s1. The fourth-order valence-corrected chi connectivity index (χ4v) is 6.12. The van der Waals surface area contributed by atoms with Crippen LogP contribution in [0.2, 0.25) is 0 Å². The summed E-state index contributed by atoms with van der Waals surface area (Å²) in [7, 11) is -4.23. The smallest absolute Gasteiger partial charge is 0.413 e. The molecule has 7 atom stereocenters. The van der Waals surface area contributed by atoms with Gasteiger partial charge in [0.25, 0.3) is 0 Å². The van der Waals surface area contributed by atoms with Crippen molar-refractivity contribution in [2.24, 2.45) is 0 Å². The van der Waals surface area contributed by atoms with E-state index < -0.39 is 50.6 Å². The second-order valence-electron chi connectivity index (χ2n) is 9.79. The van der Waals surface area contributed by atoms with Gasteiger partial charge in [0.1, 0.15) is 42.0 Å². The third-order valence-corrected chi connectivity index (χ3v) is 8.70. The number of benzene rings is 1. The van der Waals surface area contributed by atoms with Gasteiger partial charge >= 0.3 is 7.75 Å². The quantitative estimate of drug-likeness (QED) is 0.161. The van der Waals surface area contributed by atoms with Crippen molar-refractivity contribution in [3.8, 4) is 11.8 Å². The number of rotatable bonds is 11. The average molecular weight is 575 g/mol. The molecule has 1 aliphatic carbocycles. The molecule has 14 nitrogen and oxygen atoms in total. The fourth-order valence-electron chi connectivity index (χ4n) is 4.57. The van der Waals surface area contributed by atoms with E-state index in [4.69, 9.17) is 24.3 Å². The Bertz CT molecular complexity index is 1420. The summed E-state index contributed by atoms with van der Waals surface area (Å²) in [5, 5.41) is 49.2. The van der Waals surface area contributed by atoms with E-state index in [2.05, 4.69) is 15.2 Å². The predicted molar refractivity (Wildman–Crippen MR) is 140 cm³/mol. The highest BCUT2D eigenvalue weighted by Crippen LogP contribution is 2.47. The number of nitrogens with two attached hydrogens (primary N) is 1. The van der Waals surface area contributed by atoms with Crippen molar-refractivity contribution in [2.45, 2.75) is 68.5 Å². The molecule has 1 aliphatic heterocycles. The van der Waals surface area contributed by atoms with E-state index in [-0.39, 0.29) is 23.4 Å². The van der Waals surface area contributed by atoms with Gasteiger partial charge < -0.3 is 35.1 Å². The van der Waals surface area contributed by atoms with Crippen molar-refractivity contribution in [1.29, 1.82) is 5.26 Å². The Morgan fingerprint density at radius 2 is 2.05 bits per heavy atom. The van der Waals surface area contributed by atoms with Crippen molar-refractivity contribution in [2.75, 3.05) is 12.3 Å². The van der Waals surface area contributed by atoms with Crippen LogP contribution in [0.5, 0.6) is 5.75 Å². The molecule has 1 aromatic carbocycles. The number of nitrogens with zero attached hydrogens (tertiary/aromatic N) is 4. The Kier molecular flexibility index (Phi) is 8.10. The highest BCUT2D eigenvalue weighted by molar-refractivity contribution is 7.52. The maximum absolute atomic E-state index is 13.9. The number of aliphatic hydroxyl groups is 3. The molecule has 1 saturated carbocycles. The number of fused-ring (bicyclic) bond motifs is 1. The molecule has 2 fully saturated rings. The van der Waals surface area contributed by atoms with Crippen LogP contribution in [-0.4, -0.2) is 73.3 Å². The number of para-hydroxylation sites is 1. The van der Waals surface area contributed by atoms with Crippen LogP contribution < -0.4 is 15.3 Å². The molecule has 1 saturated heterocycles. The number of aromatic nitrogens is 3. The lowest BCUT2D eigenvalue weighted by atomic mass is 9.92. The Morgan fingerprint density at radius 1 is 1.30 bits per heavy atom. The summed E-state index contributed by atoms with van der Waals surface area (Å²) in [5.74, 6) is 0.362. The zero-order valence-electron chi connectivity index (χ0n) is 21.6. The predicted octanol–water partition coefficient (Wildman–Crippen LogP) is 1.22. The topological polar surface area (TPSA) is 207 Å². The number of nitrogen functional groups attached to an aromatic ring is 1. The minimum absolute atomic E-state index is 0.0806. The third kappa shape index (κ3) is 5.43. The van der Waals surface area contributed by atoms with Gasteiger partial charge in [0, 0.05) is 0 Å². The number of hydrogen-bond acceptors (Lipinski definition) is 12. The van der Waals surface area contributed by atoms with Crippen molar-refractivity contribution in [3.63, 3.8) is 0 Å². The molecule has 214 valence electrons. The first-order chi connectivity index (χ1) is 19.2. The first-order valence-electron chi connectivity index (χ1n) is 12.8. The number of nitrogens with one attached hydrogen (secondary N) is 1. The lowest BCUT2D eigenvalue weighted by Crippen LogP contribution is -2.42. The first kappa shape index (κ1) is 28.4. The second-order valence-corrected chi connectivity index (χ2v) is 11.5. The molecule has 2 unspecified atom stereocenters. The van der Waals surface area contributed by atoms with Crippen LogP contribution in [0.3, 0.4) is 0 Å². The largest absolute Gasteiger partial charge is 0.459 e. The molecule has 0 radical (unpaired) electrons. The van der Waals surface area contributed by atoms with Gasteiger partial charge in [-0.25, -0.2) is 19.2 Å². The molecule has 2 aliphatic rings. The van der Waals surface area contributed by atoms with Gasteiger partial charge in [-0.05, 0) is 50.5 Å². The molecule has 0 bridgehead atoms. The number of anilines is 1. The summed E-state index contributed by atoms with van der Waals surface area (Å²) >= 11 is 0. The minimum atomic E-state index is -4.23. The van der Waals surface area contributed by atoms with Crippen LogP contribution >= 0.6 is 7.75 Å². The molecular weight excluding hydrogens is 543 g/mol. The Labute approximate surface area is 229 Å². The molecular formula is C25H31N6O8P. The van der Waals surface area contributed by atoms with Crippen LogP contribution in [0.15, 0.2) is 48.8 Å². The van der Waals surface area contributed by atoms with E-state index in [1.165, 1.54) is 16.9 Å². The van der Waals surface area contributed by atoms with Crippen LogP contribution in [0.1, 0.15) is 31.9 Å². The molecule has 0 amide bonds. The zero-order chi connectivity index (χ0) is 28.5. The SMILES string of the molecule is C[C@H](NP(=O)(OC[C@H]1O[C@@](C#N)(c2ccc3c(N)ncnn23)[C@H](O)[C@@H]1O)Oc1ccccc1)C(O)OC1CCC1. The Balaban J connectivity index is 1.35. The number of aliphatic hydroxyl groups excluding tert-OH is 3. The van der Waals surface area contributed by atoms with Crippen LogP contribution in [0.4, 0.5) is 5.82 Å². The average Bonchev–Trinajstić information content (AvgIpc) is 3.46. The lowest BCUT2D eigenvalue weighted by Gasteiger charge is -2.32. The summed E-state index contributed by atoms with van der Waals surface area (Å²) in [5.41, 5.74) is 4.32. The van der Waals surface area contributed by atoms with Crippen LogP contribution in [0, 0.1) is 11.3 Å². The van der Waals surface area contributed by atoms with Gasteiger partial charge in [-0.3, -0.25) is 4.52 Å². The second kappa shape index (κ2) is 11.4. The number of nitriles is 1. The summed E-state index contributed by atoms with van der Waals surface area (Å²) in [6.45, 7) is 1.01. The maximum atomic E-state index is 13.9. The number of hydrogen-bond donors (Lipinski definition) is 5. The van der Waals surface area contributed by atoms with Gasteiger partial charge in [-0.15, -0.1) is 0 Å². The van der Waals surface area contributed by atoms with E-state index in [0.29, 0.717) is 5.52 Å². The molecule has 3 heterocycles. The van der Waals surface area contributed by atoms with Gasteiger partial charge in [-0.2, -0.15) is 10.4 Å². The molecule has 15 heteroatoms. The van der Waals surface area contributed by atoms with Gasteiger partial charge in [-0.1, -0.05) is 18.2 Å². The van der Waals surface area contributed by atoms with Gasteiger partial charge in [0.15, 0.2) is 12.1 Å². The number of ether oxygens (including phenoxy) is 2. The normalized spacial score (nSPS) is 27.9. The molecule has 40 heavy (non-hydrogen) atoms. The third-order valence-electron chi connectivity index (χ3n) is 7.04. The molecule has 0 spiro atoms. The van der Waals surface area contributed by atoms with E-state index in [0.717, 1.165) is 19.3 Å². The van der Waals surface area contributed by atoms with Crippen LogP contribution in [0.25, 0.3) is 5.52 Å². The summed E-state index contributed by atoms with van der Waals surface area (Å²) in [6.07, 6.45) is -2.16. The van der Waals surface area contributed by atoms with Gasteiger partial charge in [0.2, 0.25) is 5.60 Å². The van der Waals surface area contributed by atoms with E-state index in [1.54, 1.807) is 43.3 Å². The highest BCUT2D eigenvalue weighted by Gasteiger charge is 2.58. The lowest BCUT2D eigenvalue weighted by molar-refractivity contribution is -0.166. The highest BCUT2D eigenvalue weighted by atomic mass is 31.2. The molecule has 6 N–H and O–H groups in total. The first-order valence-corrected chi connectivity index (χ1v) is 14.3. The fraction of sp³-hybridized carbons (Fsp3) is 0.480. The van der Waals surface area contributed by atoms with Crippen LogP contribution in [-0.2, 0) is 24.2 Å². The van der Waals surface area contributed by atoms with E-state index >= 15 is 0 Å². The van der Waals surface area contributed by atoms with Crippen molar-refractivity contribution in [1.82, 2.24) is 19.7 Å². The molecule has 5 rings (SSSR count). The Morgan fingerprint density at radius 3 is 2.73 bits per heavy atom. The molecule has 3 aromatic rings. The maximum Gasteiger partial charge on any atom is 0.459 e. The van der Waals surface area contributed by atoms with E-state index in [1.807, 2.05) is 6.07 Å². The van der Waals surface area contributed by atoms with Crippen molar-refractivity contribution >= 4 is 19.1 Å². The van der Waals surface area contributed by atoms with Gasteiger partial charge in [0.05, 0.1) is 24.4 Å². The minimum Gasteiger partial charge on any atom is -0.413 e. The molecule has 2 aromatic heterocycles. The summed E-state index contributed by atoms with van der Waals surface area (Å²) in [4.78, 5) is 3.91. The van der Waals surface area contributed by atoms with Crippen molar-refractivity contribution in [3.05, 3.63) is 54.5 Å². The van der Waals surface area contributed by atoms with Crippen molar-refractivity contribution < 1.29 is 38.4 Å². The summed E-state index contributed by atoms with van der Waals surface area (Å²) in [6, 6.07) is 12.4. The Hall–Kier alpha value is -3.12. The summed E-state index contributed by atoms with van der Waals surface area (Å²) < 4.78 is 38.0.